The van der Waals surface area contributed by atoms with E-state index in [9.17, 15) is 9.90 Å². The molecular weight excluding hydrogens is 448 g/mol. The number of aliphatic hydroxyl groups is 1. The lowest BCUT2D eigenvalue weighted by molar-refractivity contribution is 0.0526. The second kappa shape index (κ2) is 10.5. The molecule has 31 heavy (non-hydrogen) atoms. The van der Waals surface area contributed by atoms with Crippen LogP contribution in [-0.4, -0.2) is 46.6 Å². The van der Waals surface area contributed by atoms with Gasteiger partial charge in [0.15, 0.2) is 5.11 Å². The molecule has 0 aliphatic carbocycles. The highest BCUT2D eigenvalue weighted by molar-refractivity contribution is 7.99. The van der Waals surface area contributed by atoms with Crippen molar-refractivity contribution >= 4 is 52.1 Å². The molecule has 0 bridgehead atoms. The maximum atomic E-state index is 11.8. The predicted octanol–water partition coefficient (Wildman–Crippen LogP) is 4.74. The van der Waals surface area contributed by atoms with Gasteiger partial charge in [0.05, 0.1) is 23.7 Å². The molecule has 2 heterocycles. The largest absolute Gasteiger partial charge is 0.462 e. The first-order valence-electron chi connectivity index (χ1n) is 10.0. The number of anilines is 1. The first-order chi connectivity index (χ1) is 14.8. The fraction of sp³-hybridized carbons (Fsp3) is 0.391. The minimum absolute atomic E-state index is 0.0329. The molecule has 2 aromatic rings. The Hall–Kier alpha value is -2.05. The van der Waals surface area contributed by atoms with Gasteiger partial charge in [0.25, 0.3) is 0 Å². The summed E-state index contributed by atoms with van der Waals surface area (Å²) in [7, 11) is 0. The molecule has 0 spiro atoms. The van der Waals surface area contributed by atoms with Crippen molar-refractivity contribution in [2.24, 2.45) is 5.41 Å². The summed E-state index contributed by atoms with van der Waals surface area (Å²) in [5, 5.41) is 13.5. The zero-order valence-corrected chi connectivity index (χ0v) is 20.3. The molecule has 0 radical (unpaired) electrons. The number of rotatable bonds is 5. The summed E-state index contributed by atoms with van der Waals surface area (Å²) in [4.78, 5) is 16.2. The van der Waals surface area contributed by atoms with Gasteiger partial charge in [0, 0.05) is 28.3 Å². The van der Waals surface area contributed by atoms with Crippen LogP contribution in [0.1, 0.15) is 46.3 Å². The topological polar surface area (TPSA) is 61.8 Å². The molecule has 1 atom stereocenters. The number of thioether (sulfide) groups is 1. The summed E-state index contributed by atoms with van der Waals surface area (Å²) in [6, 6.07) is 11.3. The summed E-state index contributed by atoms with van der Waals surface area (Å²) in [6.07, 6.45) is 0. The van der Waals surface area contributed by atoms with Crippen molar-refractivity contribution in [3.8, 4) is 11.8 Å². The number of carbonyl (C=O) groups is 1. The number of nitrogens with one attached hydrogen (secondary N) is 1. The number of aliphatic hydroxyl groups excluding tert-OH is 1. The standard InChI is InChI=1S/C23H26N2O3S3/c1-4-28-21(27)16-5-7-17(8-6-16)24-22(29)25-13-14-30-20(25)19-10-9-18(31-19)11-12-23(2,3)15-26/h5-10,20,26H,4,13-15H2,1-3H3,(H,24,29)/t20-/m0/s1. The average molecular weight is 475 g/mol. The van der Waals surface area contributed by atoms with Crippen LogP contribution in [0.3, 0.4) is 0 Å². The Morgan fingerprint density at radius 1 is 1.32 bits per heavy atom. The normalized spacial score (nSPS) is 15.9. The lowest BCUT2D eigenvalue weighted by Gasteiger charge is -2.26. The van der Waals surface area contributed by atoms with Crippen molar-refractivity contribution in [1.29, 1.82) is 0 Å². The Balaban J connectivity index is 1.66. The zero-order valence-electron chi connectivity index (χ0n) is 17.8. The van der Waals surface area contributed by atoms with Crippen LogP contribution in [0.4, 0.5) is 5.69 Å². The maximum Gasteiger partial charge on any atom is 0.338 e. The minimum Gasteiger partial charge on any atom is -0.462 e. The number of carbonyl (C=O) groups excluding carboxylic acids is 1. The highest BCUT2D eigenvalue weighted by Crippen LogP contribution is 2.41. The van der Waals surface area contributed by atoms with Gasteiger partial charge in [-0.15, -0.1) is 23.1 Å². The van der Waals surface area contributed by atoms with E-state index in [0.717, 1.165) is 22.9 Å². The Labute approximate surface area is 197 Å². The molecule has 1 aromatic heterocycles. The number of thiophene rings is 1. The van der Waals surface area contributed by atoms with E-state index in [2.05, 4.69) is 28.1 Å². The molecule has 1 saturated heterocycles. The smallest absolute Gasteiger partial charge is 0.338 e. The maximum absolute atomic E-state index is 11.8. The van der Waals surface area contributed by atoms with Gasteiger partial charge in [0.1, 0.15) is 5.37 Å². The summed E-state index contributed by atoms with van der Waals surface area (Å²) in [5.74, 6) is 6.98. The lowest BCUT2D eigenvalue weighted by Crippen LogP contribution is -2.33. The quantitative estimate of drug-likeness (QED) is 0.369. The molecule has 3 rings (SSSR count). The third-order valence-electron chi connectivity index (χ3n) is 4.59. The van der Waals surface area contributed by atoms with Crippen molar-refractivity contribution in [3.05, 3.63) is 51.7 Å². The number of hydrogen-bond donors (Lipinski definition) is 2. The Morgan fingerprint density at radius 2 is 2.06 bits per heavy atom. The molecule has 164 valence electrons. The summed E-state index contributed by atoms with van der Waals surface area (Å²) >= 11 is 9.20. The Morgan fingerprint density at radius 3 is 2.74 bits per heavy atom. The number of ether oxygens (including phenoxy) is 1. The fourth-order valence-corrected chi connectivity index (χ4v) is 5.58. The third-order valence-corrected chi connectivity index (χ3v) is 7.37. The number of thiocarbonyl (C=S) groups is 1. The van der Waals surface area contributed by atoms with Crippen molar-refractivity contribution in [3.63, 3.8) is 0 Å². The third kappa shape index (κ3) is 6.23. The van der Waals surface area contributed by atoms with Crippen LogP contribution in [0.15, 0.2) is 36.4 Å². The van der Waals surface area contributed by atoms with Gasteiger partial charge in [-0.3, -0.25) is 0 Å². The summed E-state index contributed by atoms with van der Waals surface area (Å²) in [6.45, 7) is 6.88. The van der Waals surface area contributed by atoms with Gasteiger partial charge in [0.2, 0.25) is 0 Å². The number of hydrogen-bond acceptors (Lipinski definition) is 6. The van der Waals surface area contributed by atoms with Gasteiger partial charge in [-0.2, -0.15) is 0 Å². The Kier molecular flexibility index (Phi) is 8.00. The molecule has 0 unspecified atom stereocenters. The number of esters is 1. The Bertz CT molecular complexity index is 989. The number of nitrogens with zero attached hydrogens (tertiary/aromatic N) is 1. The van der Waals surface area contributed by atoms with Crippen LogP contribution in [0.2, 0.25) is 0 Å². The van der Waals surface area contributed by atoms with Crippen LogP contribution in [-0.2, 0) is 4.74 Å². The van der Waals surface area contributed by atoms with Gasteiger partial charge < -0.3 is 20.1 Å². The van der Waals surface area contributed by atoms with Gasteiger partial charge in [-0.1, -0.05) is 11.8 Å². The van der Waals surface area contributed by atoms with Crippen LogP contribution < -0.4 is 5.32 Å². The van der Waals surface area contributed by atoms with E-state index in [0.29, 0.717) is 17.3 Å². The van der Waals surface area contributed by atoms with Crippen molar-refractivity contribution in [2.45, 2.75) is 26.1 Å². The average Bonchev–Trinajstić information content (AvgIpc) is 3.42. The first-order valence-corrected chi connectivity index (χ1v) is 12.3. The molecule has 1 aliphatic rings. The van der Waals surface area contributed by atoms with Crippen molar-refractivity contribution in [2.75, 3.05) is 30.8 Å². The number of benzene rings is 1. The monoisotopic (exact) mass is 474 g/mol. The van der Waals surface area contributed by atoms with E-state index in [1.165, 1.54) is 4.88 Å². The van der Waals surface area contributed by atoms with E-state index >= 15 is 0 Å². The van der Waals surface area contributed by atoms with Gasteiger partial charge in [-0.05, 0) is 69.4 Å². The molecule has 1 aliphatic heterocycles. The fourth-order valence-electron chi connectivity index (χ4n) is 2.84. The molecule has 0 saturated carbocycles. The lowest BCUT2D eigenvalue weighted by atomic mass is 9.96. The SMILES string of the molecule is CCOC(=O)c1ccc(NC(=S)N2CCS[C@H]2c2ccc(C#CC(C)(C)CO)s2)cc1. The van der Waals surface area contributed by atoms with Crippen LogP contribution in [0.5, 0.6) is 0 Å². The minimum atomic E-state index is -0.410. The summed E-state index contributed by atoms with van der Waals surface area (Å²) < 4.78 is 5.02. The zero-order chi connectivity index (χ0) is 22.4. The molecule has 1 fully saturated rings. The van der Waals surface area contributed by atoms with E-state index in [1.54, 1.807) is 30.4 Å². The van der Waals surface area contributed by atoms with Crippen LogP contribution in [0.25, 0.3) is 0 Å². The molecule has 0 amide bonds. The molecule has 8 heteroatoms. The second-order valence-electron chi connectivity index (χ2n) is 7.64. The van der Waals surface area contributed by atoms with Crippen molar-refractivity contribution < 1.29 is 14.6 Å². The summed E-state index contributed by atoms with van der Waals surface area (Å²) in [5.41, 5.74) is 0.939. The molecule has 1 aromatic carbocycles. The highest BCUT2D eigenvalue weighted by Gasteiger charge is 2.30. The van der Waals surface area contributed by atoms with Gasteiger partial charge >= 0.3 is 5.97 Å². The predicted molar refractivity (Wildman–Crippen MR) is 133 cm³/mol. The second-order valence-corrected chi connectivity index (χ2v) is 10.3. The van der Waals surface area contributed by atoms with E-state index in [1.807, 2.05) is 43.8 Å². The molecule has 2 N–H and O–H groups in total. The van der Waals surface area contributed by atoms with Gasteiger partial charge in [-0.25, -0.2) is 4.79 Å². The first kappa shape index (κ1) is 23.6. The van der Waals surface area contributed by atoms with E-state index in [4.69, 9.17) is 17.0 Å². The van der Waals surface area contributed by atoms with Crippen LogP contribution >= 0.6 is 35.3 Å². The van der Waals surface area contributed by atoms with E-state index < -0.39 is 5.41 Å². The van der Waals surface area contributed by atoms with Crippen LogP contribution in [0, 0.1) is 17.3 Å². The molecule has 5 nitrogen and oxygen atoms in total. The van der Waals surface area contributed by atoms with Crippen molar-refractivity contribution in [1.82, 2.24) is 4.90 Å². The highest BCUT2D eigenvalue weighted by atomic mass is 32.2. The van der Waals surface area contributed by atoms with E-state index in [-0.39, 0.29) is 18.0 Å². The molecular formula is C23H26N2O3S3.